The van der Waals surface area contributed by atoms with Crippen LogP contribution >= 0.6 is 0 Å². The van der Waals surface area contributed by atoms with Crippen molar-refractivity contribution in [2.45, 2.75) is 19.3 Å². The molecule has 0 N–H and O–H groups in total. The lowest BCUT2D eigenvalue weighted by Gasteiger charge is -2.21. The maximum Gasteiger partial charge on any atom is -0.00965 e. The van der Waals surface area contributed by atoms with E-state index in [0.717, 1.165) is 23.7 Å². The third-order valence-electron chi connectivity index (χ3n) is 3.23. The molecule has 0 nitrogen and oxygen atoms in total. The first-order chi connectivity index (χ1) is 4.95. The largest absolute Gasteiger partial charge is 0.0882 e. The molecule has 3 rings (SSSR count). The summed E-state index contributed by atoms with van der Waals surface area (Å²) in [6.07, 6.45) is 12.6. The molecule has 0 saturated heterocycles. The van der Waals surface area contributed by atoms with Gasteiger partial charge in [-0.15, -0.1) is 0 Å². The summed E-state index contributed by atoms with van der Waals surface area (Å²) in [4.78, 5) is 0. The van der Waals surface area contributed by atoms with Crippen molar-refractivity contribution in [2.24, 2.45) is 23.7 Å². The number of hydrogen-bond donors (Lipinski definition) is 0. The van der Waals surface area contributed by atoms with Crippen LogP contribution in [0.15, 0.2) is 12.2 Å². The smallest absolute Gasteiger partial charge is 0.00965 e. The van der Waals surface area contributed by atoms with Crippen molar-refractivity contribution in [1.82, 2.24) is 0 Å². The molecule has 0 aromatic rings. The lowest BCUT2D eigenvalue weighted by molar-refractivity contribution is 0.407. The molecule has 2 radical (unpaired) electrons. The van der Waals surface area contributed by atoms with Crippen LogP contribution in [0.2, 0.25) is 0 Å². The van der Waals surface area contributed by atoms with Crippen LogP contribution in [-0.4, -0.2) is 0 Å². The minimum absolute atomic E-state index is 0.855. The van der Waals surface area contributed by atoms with Crippen LogP contribution in [0.4, 0.5) is 0 Å². The monoisotopic (exact) mass is 132 g/mol. The number of allylic oxidation sites excluding steroid dienone is 2. The molecule has 0 aliphatic heterocycles. The van der Waals surface area contributed by atoms with E-state index in [2.05, 4.69) is 18.6 Å². The first kappa shape index (κ1) is 5.40. The SMILES string of the molecule is [C]1C2CCC=CC2C2CC12. The zero-order valence-corrected chi connectivity index (χ0v) is 6.09. The standard InChI is InChI=1S/C10H12/c1-2-4-9-7(3-1)5-8-6-10(8)9/h2,4,7-10H,1,3,6H2. The van der Waals surface area contributed by atoms with E-state index in [1.54, 1.807) is 0 Å². The molecular formula is C10H12. The van der Waals surface area contributed by atoms with Crippen LogP contribution in [0, 0.1) is 30.1 Å². The molecule has 10 heavy (non-hydrogen) atoms. The average Bonchev–Trinajstić information content (AvgIpc) is 2.64. The molecule has 4 atom stereocenters. The van der Waals surface area contributed by atoms with Gasteiger partial charge in [0.15, 0.2) is 0 Å². The van der Waals surface area contributed by atoms with E-state index in [4.69, 9.17) is 0 Å². The summed E-state index contributed by atoms with van der Waals surface area (Å²) in [5.74, 6) is 3.71. The molecular weight excluding hydrogens is 120 g/mol. The van der Waals surface area contributed by atoms with Gasteiger partial charge in [0.1, 0.15) is 0 Å². The second-order valence-electron chi connectivity index (χ2n) is 3.86. The van der Waals surface area contributed by atoms with E-state index >= 15 is 0 Å². The van der Waals surface area contributed by atoms with Crippen LogP contribution in [-0.2, 0) is 0 Å². The Morgan fingerprint density at radius 3 is 3.20 bits per heavy atom. The van der Waals surface area contributed by atoms with Crippen LogP contribution < -0.4 is 0 Å². The van der Waals surface area contributed by atoms with E-state index in [1.165, 1.54) is 19.3 Å². The predicted molar refractivity (Wildman–Crippen MR) is 40.2 cm³/mol. The molecule has 0 heteroatoms. The highest BCUT2D eigenvalue weighted by Gasteiger charge is 2.52. The molecule has 2 saturated carbocycles. The van der Waals surface area contributed by atoms with Gasteiger partial charge in [0.05, 0.1) is 0 Å². The molecule has 0 spiro atoms. The van der Waals surface area contributed by atoms with Gasteiger partial charge in [-0.1, -0.05) is 12.2 Å². The van der Waals surface area contributed by atoms with Gasteiger partial charge < -0.3 is 0 Å². The summed E-state index contributed by atoms with van der Waals surface area (Å²) >= 11 is 0. The Balaban J connectivity index is 1.90. The third kappa shape index (κ3) is 0.574. The van der Waals surface area contributed by atoms with E-state index < -0.39 is 0 Å². The molecule has 0 heterocycles. The van der Waals surface area contributed by atoms with Crippen LogP contribution in [0.5, 0.6) is 0 Å². The van der Waals surface area contributed by atoms with Gasteiger partial charge in [0, 0.05) is 0 Å². The molecule has 0 bridgehead atoms. The third-order valence-corrected chi connectivity index (χ3v) is 3.23. The first-order valence-electron chi connectivity index (χ1n) is 4.38. The second-order valence-corrected chi connectivity index (χ2v) is 3.86. The van der Waals surface area contributed by atoms with Crippen molar-refractivity contribution >= 4 is 0 Å². The van der Waals surface area contributed by atoms with Crippen molar-refractivity contribution < 1.29 is 0 Å². The summed E-state index contributed by atoms with van der Waals surface area (Å²) in [6.45, 7) is 0. The van der Waals surface area contributed by atoms with Gasteiger partial charge in [-0.25, -0.2) is 0 Å². The maximum atomic E-state index is 3.68. The summed E-state index contributed by atoms with van der Waals surface area (Å²) in [7, 11) is 0. The van der Waals surface area contributed by atoms with Crippen molar-refractivity contribution in [2.75, 3.05) is 0 Å². The van der Waals surface area contributed by atoms with Gasteiger partial charge in [-0.3, -0.25) is 0 Å². The van der Waals surface area contributed by atoms with E-state index in [0.29, 0.717) is 0 Å². The Morgan fingerprint density at radius 1 is 1.30 bits per heavy atom. The summed E-state index contributed by atoms with van der Waals surface area (Å²) in [5.41, 5.74) is 0. The molecule has 3 aliphatic rings. The van der Waals surface area contributed by atoms with E-state index in [1.807, 2.05) is 0 Å². The van der Waals surface area contributed by atoms with Crippen LogP contribution in [0.25, 0.3) is 0 Å². The van der Waals surface area contributed by atoms with E-state index in [9.17, 15) is 0 Å². The number of fused-ring (bicyclic) bond motifs is 3. The quantitative estimate of drug-likeness (QED) is 0.444. The fourth-order valence-corrected chi connectivity index (χ4v) is 2.60. The molecule has 2 fully saturated rings. The Kier molecular flexibility index (Phi) is 0.898. The van der Waals surface area contributed by atoms with Crippen molar-refractivity contribution in [3.8, 4) is 0 Å². The zero-order chi connectivity index (χ0) is 6.55. The lowest BCUT2D eigenvalue weighted by Crippen LogP contribution is -2.12. The highest BCUT2D eigenvalue weighted by Crippen LogP contribution is 2.59. The fourth-order valence-electron chi connectivity index (χ4n) is 2.60. The Hall–Kier alpha value is -0.260. The van der Waals surface area contributed by atoms with Gasteiger partial charge in [-0.2, -0.15) is 0 Å². The van der Waals surface area contributed by atoms with Gasteiger partial charge in [0.25, 0.3) is 0 Å². The van der Waals surface area contributed by atoms with Crippen molar-refractivity contribution in [3.05, 3.63) is 18.6 Å². The van der Waals surface area contributed by atoms with E-state index in [-0.39, 0.29) is 0 Å². The minimum Gasteiger partial charge on any atom is -0.0882 e. The highest BCUT2D eigenvalue weighted by molar-refractivity contribution is 5.18. The molecule has 0 amide bonds. The molecule has 0 aromatic heterocycles. The van der Waals surface area contributed by atoms with Gasteiger partial charge >= 0.3 is 0 Å². The zero-order valence-electron chi connectivity index (χ0n) is 6.09. The molecule has 3 aliphatic carbocycles. The Bertz CT molecular complexity index is 180. The van der Waals surface area contributed by atoms with Gasteiger partial charge in [-0.05, 0) is 49.4 Å². The summed E-state index contributed by atoms with van der Waals surface area (Å²) in [5, 5.41) is 0. The lowest BCUT2D eigenvalue weighted by atomic mass is 9.83. The second kappa shape index (κ2) is 1.66. The maximum absolute atomic E-state index is 3.68. The number of hydrogen-bond acceptors (Lipinski definition) is 0. The first-order valence-corrected chi connectivity index (χ1v) is 4.38. The van der Waals surface area contributed by atoms with Crippen LogP contribution in [0.1, 0.15) is 19.3 Å². The predicted octanol–water partition coefficient (Wildman–Crippen LogP) is 2.30. The molecule has 4 unspecified atom stereocenters. The molecule has 0 aromatic carbocycles. The Morgan fingerprint density at radius 2 is 2.30 bits per heavy atom. The average molecular weight is 132 g/mol. The van der Waals surface area contributed by atoms with Gasteiger partial charge in [0.2, 0.25) is 0 Å². The summed E-state index contributed by atoms with van der Waals surface area (Å²) in [6, 6.07) is 0. The fraction of sp³-hybridized carbons (Fsp3) is 0.700. The highest BCUT2D eigenvalue weighted by atomic mass is 14.6. The number of rotatable bonds is 0. The normalized spacial score (nSPS) is 56.0. The van der Waals surface area contributed by atoms with Crippen molar-refractivity contribution in [1.29, 1.82) is 0 Å². The molecule has 52 valence electrons. The topological polar surface area (TPSA) is 0 Å². The van der Waals surface area contributed by atoms with Crippen molar-refractivity contribution in [3.63, 3.8) is 0 Å². The minimum atomic E-state index is 0.855. The Labute approximate surface area is 62.3 Å². The summed E-state index contributed by atoms with van der Waals surface area (Å²) < 4.78 is 0. The van der Waals surface area contributed by atoms with Crippen LogP contribution in [0.3, 0.4) is 0 Å².